The van der Waals surface area contributed by atoms with Gasteiger partial charge in [0.25, 0.3) is 0 Å². The number of pyridine rings is 1. The number of hydrogen-bond acceptors (Lipinski definition) is 5. The van der Waals surface area contributed by atoms with Crippen molar-refractivity contribution in [3.63, 3.8) is 0 Å². The molecule has 7 nitrogen and oxygen atoms in total. The molecule has 0 spiro atoms. The molecule has 1 aliphatic heterocycles. The second-order valence-corrected chi connectivity index (χ2v) is 8.67. The van der Waals surface area contributed by atoms with Gasteiger partial charge < -0.3 is 19.8 Å². The number of carbonyl (C=O) groups excluding carboxylic acids is 2. The lowest BCUT2D eigenvalue weighted by Gasteiger charge is -2.22. The lowest BCUT2D eigenvalue weighted by Crippen LogP contribution is -2.30. The Bertz CT molecular complexity index is 1520. The minimum atomic E-state index is -1.01. The Hall–Kier alpha value is -4.10. The number of ether oxygens (including phenoxy) is 2. The van der Waals surface area contributed by atoms with Gasteiger partial charge in [0.2, 0.25) is 18.1 Å². The third kappa shape index (κ3) is 4.04. The number of aryl methyl sites for hydroxylation is 1. The molecular weight excluding hydrogens is 468 g/mol. The Kier molecular flexibility index (Phi) is 5.78. The van der Waals surface area contributed by atoms with E-state index < -0.39 is 23.2 Å². The summed E-state index contributed by atoms with van der Waals surface area (Å²) in [5, 5.41) is 0.710. The number of rotatable bonds is 6. The van der Waals surface area contributed by atoms with Crippen LogP contribution in [0.2, 0.25) is 5.02 Å². The summed E-state index contributed by atoms with van der Waals surface area (Å²) in [6, 6.07) is 15.9. The number of halogens is 1. The Balaban J connectivity index is 1.77. The number of carbonyl (C=O) groups is 2. The molecule has 0 saturated carbocycles. The third-order valence-corrected chi connectivity index (χ3v) is 6.38. The zero-order valence-corrected chi connectivity index (χ0v) is 19.5. The number of aromatic nitrogens is 1. The highest BCUT2D eigenvalue weighted by atomic mass is 35.5. The number of benzene rings is 3. The second kappa shape index (κ2) is 8.92. The molecule has 1 atom stereocenters. The average molecular weight is 489 g/mol. The molecule has 0 bridgehead atoms. The molecule has 1 amide bonds. The van der Waals surface area contributed by atoms with E-state index in [-0.39, 0.29) is 17.7 Å². The molecule has 0 radical (unpaired) electrons. The van der Waals surface area contributed by atoms with E-state index in [1.54, 1.807) is 42.5 Å². The van der Waals surface area contributed by atoms with Crippen molar-refractivity contribution in [2.24, 2.45) is 5.73 Å². The highest BCUT2D eigenvalue weighted by Gasteiger charge is 2.27. The summed E-state index contributed by atoms with van der Waals surface area (Å²) in [5.41, 5.74) is 7.66. The zero-order chi connectivity index (χ0) is 24.7. The van der Waals surface area contributed by atoms with E-state index in [2.05, 4.69) is 0 Å². The smallest absolute Gasteiger partial charge is 0.245 e. The fourth-order valence-corrected chi connectivity index (χ4v) is 4.39. The van der Waals surface area contributed by atoms with Gasteiger partial charge in [0.05, 0.1) is 16.5 Å². The van der Waals surface area contributed by atoms with Crippen LogP contribution in [-0.2, 0) is 11.2 Å². The van der Waals surface area contributed by atoms with Crippen molar-refractivity contribution in [2.45, 2.75) is 19.4 Å². The summed E-state index contributed by atoms with van der Waals surface area (Å²) < 4.78 is 12.5. The van der Waals surface area contributed by atoms with Crippen LogP contribution < -0.4 is 20.6 Å². The van der Waals surface area contributed by atoms with Gasteiger partial charge in [-0.1, -0.05) is 54.9 Å². The molecule has 1 aromatic heterocycles. The fourth-order valence-electron chi connectivity index (χ4n) is 4.27. The van der Waals surface area contributed by atoms with E-state index in [4.69, 9.17) is 26.8 Å². The van der Waals surface area contributed by atoms with Crippen molar-refractivity contribution in [3.05, 3.63) is 104 Å². The van der Waals surface area contributed by atoms with Gasteiger partial charge in [-0.3, -0.25) is 14.4 Å². The van der Waals surface area contributed by atoms with E-state index in [1.807, 2.05) is 19.1 Å². The van der Waals surface area contributed by atoms with Crippen LogP contribution in [-0.4, -0.2) is 23.1 Å². The summed E-state index contributed by atoms with van der Waals surface area (Å²) in [6.45, 7) is 2.02. The fraction of sp³-hybridized carbons (Fsp3) is 0.148. The Morgan fingerprint density at radius 1 is 1.03 bits per heavy atom. The standard InChI is InChI=1S/C27H21ClN2O5/c1-2-15-3-5-17(6-4-15)25(31)20-13-30(24(27(29)33)16-7-9-18(28)10-8-16)21-12-23-22(34-14-35-23)11-19(21)26(20)32/h3-13,24H,2,14H2,1H3,(H2,29,33). The first-order chi connectivity index (χ1) is 16.9. The van der Waals surface area contributed by atoms with Gasteiger partial charge in [-0.15, -0.1) is 0 Å². The maximum absolute atomic E-state index is 13.5. The summed E-state index contributed by atoms with van der Waals surface area (Å²) in [5.74, 6) is -0.301. The van der Waals surface area contributed by atoms with Crippen LogP contribution in [0.25, 0.3) is 10.9 Å². The molecule has 35 heavy (non-hydrogen) atoms. The van der Waals surface area contributed by atoms with Crippen molar-refractivity contribution in [2.75, 3.05) is 6.79 Å². The van der Waals surface area contributed by atoms with Crippen molar-refractivity contribution in [3.8, 4) is 11.5 Å². The molecule has 2 heterocycles. The van der Waals surface area contributed by atoms with E-state index in [0.29, 0.717) is 33.2 Å². The van der Waals surface area contributed by atoms with Gasteiger partial charge in [-0.2, -0.15) is 0 Å². The Morgan fingerprint density at radius 3 is 2.31 bits per heavy atom. The van der Waals surface area contributed by atoms with E-state index in [0.717, 1.165) is 12.0 Å². The molecule has 0 aliphatic carbocycles. The third-order valence-electron chi connectivity index (χ3n) is 6.13. The second-order valence-electron chi connectivity index (χ2n) is 8.24. The van der Waals surface area contributed by atoms with Gasteiger partial charge in [-0.25, -0.2) is 0 Å². The van der Waals surface area contributed by atoms with Crippen LogP contribution in [0.15, 0.2) is 71.7 Å². The minimum absolute atomic E-state index is 0.00580. The normalized spacial score (nSPS) is 13.1. The number of ketones is 1. The lowest BCUT2D eigenvalue weighted by molar-refractivity contribution is -0.120. The van der Waals surface area contributed by atoms with Crippen molar-refractivity contribution in [1.82, 2.24) is 4.57 Å². The molecule has 1 aliphatic rings. The van der Waals surface area contributed by atoms with Crippen LogP contribution in [0.5, 0.6) is 11.5 Å². The van der Waals surface area contributed by atoms with Gasteiger partial charge in [0.1, 0.15) is 6.04 Å². The molecule has 3 aromatic carbocycles. The molecule has 5 rings (SSSR count). The number of nitrogens with two attached hydrogens (primary N) is 1. The maximum Gasteiger partial charge on any atom is 0.245 e. The zero-order valence-electron chi connectivity index (χ0n) is 18.8. The SMILES string of the molecule is CCc1ccc(C(=O)c2cn(C(C(N)=O)c3ccc(Cl)cc3)c3cc4c(cc3c2=O)OCO4)cc1. The molecule has 2 N–H and O–H groups in total. The van der Waals surface area contributed by atoms with Gasteiger partial charge in [-0.05, 0) is 35.7 Å². The predicted octanol–water partition coefficient (Wildman–Crippen LogP) is 4.25. The molecule has 1 unspecified atom stereocenters. The Labute approximate surface area is 205 Å². The lowest BCUT2D eigenvalue weighted by atomic mass is 9.99. The van der Waals surface area contributed by atoms with E-state index in [9.17, 15) is 14.4 Å². The highest BCUT2D eigenvalue weighted by Crippen LogP contribution is 2.37. The van der Waals surface area contributed by atoms with Crippen molar-refractivity contribution in [1.29, 1.82) is 0 Å². The number of nitrogens with zero attached hydrogens (tertiary/aromatic N) is 1. The minimum Gasteiger partial charge on any atom is -0.454 e. The molecule has 176 valence electrons. The van der Waals surface area contributed by atoms with Gasteiger partial charge in [0, 0.05) is 22.8 Å². The summed E-state index contributed by atoms with van der Waals surface area (Å²) >= 11 is 6.04. The van der Waals surface area contributed by atoms with Crippen LogP contribution in [0.4, 0.5) is 0 Å². The van der Waals surface area contributed by atoms with Crippen LogP contribution >= 0.6 is 11.6 Å². The maximum atomic E-state index is 13.5. The quantitative estimate of drug-likeness (QED) is 0.409. The van der Waals surface area contributed by atoms with Gasteiger partial charge >= 0.3 is 0 Å². The molecule has 0 saturated heterocycles. The average Bonchev–Trinajstić information content (AvgIpc) is 3.33. The first kappa shape index (κ1) is 22.7. The number of primary amides is 1. The summed E-state index contributed by atoms with van der Waals surface area (Å²) in [7, 11) is 0. The first-order valence-corrected chi connectivity index (χ1v) is 11.4. The first-order valence-electron chi connectivity index (χ1n) is 11.0. The molecule has 4 aromatic rings. The van der Waals surface area contributed by atoms with Crippen LogP contribution in [0, 0.1) is 0 Å². The summed E-state index contributed by atoms with van der Waals surface area (Å²) in [4.78, 5) is 39.7. The highest BCUT2D eigenvalue weighted by molar-refractivity contribution is 6.30. The molecule has 0 fully saturated rings. The van der Waals surface area contributed by atoms with Crippen molar-refractivity contribution >= 4 is 34.2 Å². The van der Waals surface area contributed by atoms with Gasteiger partial charge in [0.15, 0.2) is 17.3 Å². The Morgan fingerprint density at radius 2 is 1.69 bits per heavy atom. The number of fused-ring (bicyclic) bond motifs is 2. The van der Waals surface area contributed by atoms with Crippen LogP contribution in [0.3, 0.4) is 0 Å². The van der Waals surface area contributed by atoms with Crippen molar-refractivity contribution < 1.29 is 19.1 Å². The number of hydrogen-bond donors (Lipinski definition) is 1. The number of amides is 1. The van der Waals surface area contributed by atoms with E-state index >= 15 is 0 Å². The largest absolute Gasteiger partial charge is 0.454 e. The summed E-state index contributed by atoms with van der Waals surface area (Å²) in [6.07, 6.45) is 2.22. The van der Waals surface area contributed by atoms with Crippen LogP contribution in [0.1, 0.15) is 40.0 Å². The predicted molar refractivity (Wildman–Crippen MR) is 132 cm³/mol. The molecular formula is C27H21ClN2O5. The van der Waals surface area contributed by atoms with E-state index in [1.165, 1.54) is 16.8 Å². The monoisotopic (exact) mass is 488 g/mol. The topological polar surface area (TPSA) is 101 Å². The molecule has 8 heteroatoms.